The molecule has 0 unspecified atom stereocenters. The molecule has 0 N–H and O–H groups in total. The molecular formula is C30H48O2Sn. The molecule has 2 aromatic rings. The molecule has 184 valence electrons. The van der Waals surface area contributed by atoms with E-state index in [0.29, 0.717) is 0 Å². The molecule has 0 heterocycles. The molecule has 2 aromatic carbocycles. The Morgan fingerprint density at radius 3 is 1.15 bits per heavy atom. The van der Waals surface area contributed by atoms with Gasteiger partial charge in [0.05, 0.1) is 0 Å². The molecular weight excluding hydrogens is 511 g/mol. The second kappa shape index (κ2) is 18.5. The molecule has 0 spiro atoms. The van der Waals surface area contributed by atoms with Crippen molar-refractivity contribution in [1.29, 1.82) is 0 Å². The van der Waals surface area contributed by atoms with E-state index in [-0.39, 0.29) is 0 Å². The second-order valence-electron chi connectivity index (χ2n) is 9.29. The molecule has 0 saturated carbocycles. The SMILES string of the molecule is CCCCCCCCC[O][Sn]([O]CCCCCCCCC)([c]1ccccc1)[c]1ccccc1. The van der Waals surface area contributed by atoms with E-state index in [0.717, 1.165) is 26.1 Å². The third-order valence-corrected chi connectivity index (χ3v) is 16.1. The molecule has 0 bridgehead atoms. The van der Waals surface area contributed by atoms with Crippen molar-refractivity contribution in [1.82, 2.24) is 0 Å². The Kier molecular flexibility index (Phi) is 15.9. The number of benzene rings is 2. The third kappa shape index (κ3) is 11.0. The van der Waals surface area contributed by atoms with Crippen molar-refractivity contribution in [2.75, 3.05) is 13.2 Å². The van der Waals surface area contributed by atoms with Crippen LogP contribution >= 0.6 is 0 Å². The Bertz CT molecular complexity index is 627. The summed E-state index contributed by atoms with van der Waals surface area (Å²) in [7, 11) is 0. The van der Waals surface area contributed by atoms with Crippen LogP contribution in [0.25, 0.3) is 0 Å². The summed E-state index contributed by atoms with van der Waals surface area (Å²) in [5, 5.41) is 0. The molecule has 0 radical (unpaired) electrons. The Morgan fingerprint density at radius 2 is 0.788 bits per heavy atom. The average molecular weight is 559 g/mol. The first-order valence-electron chi connectivity index (χ1n) is 13.7. The summed E-state index contributed by atoms with van der Waals surface area (Å²) in [5.74, 6) is 0. The van der Waals surface area contributed by atoms with Crippen LogP contribution in [-0.2, 0) is 6.15 Å². The molecule has 0 amide bonds. The fourth-order valence-electron chi connectivity index (χ4n) is 4.41. The van der Waals surface area contributed by atoms with E-state index in [1.807, 2.05) is 0 Å². The van der Waals surface area contributed by atoms with Gasteiger partial charge in [0.15, 0.2) is 0 Å². The molecule has 0 aliphatic rings. The van der Waals surface area contributed by atoms with E-state index in [1.54, 1.807) is 0 Å². The van der Waals surface area contributed by atoms with Crippen molar-refractivity contribution >= 4 is 26.4 Å². The molecule has 0 aliphatic carbocycles. The van der Waals surface area contributed by atoms with Crippen molar-refractivity contribution in [3.63, 3.8) is 0 Å². The van der Waals surface area contributed by atoms with Crippen LogP contribution in [0.4, 0.5) is 0 Å². The van der Waals surface area contributed by atoms with E-state index in [9.17, 15) is 0 Å². The van der Waals surface area contributed by atoms with E-state index in [2.05, 4.69) is 74.5 Å². The molecule has 3 heteroatoms. The zero-order valence-corrected chi connectivity index (χ0v) is 24.3. The van der Waals surface area contributed by atoms with Crippen LogP contribution in [0, 0.1) is 0 Å². The van der Waals surface area contributed by atoms with Crippen LogP contribution in [0.5, 0.6) is 0 Å². The van der Waals surface area contributed by atoms with Gasteiger partial charge in [0, 0.05) is 0 Å². The van der Waals surface area contributed by atoms with Gasteiger partial charge in [-0.3, -0.25) is 0 Å². The fraction of sp³-hybridized carbons (Fsp3) is 0.600. The number of rotatable bonds is 20. The Balaban J connectivity index is 1.99. The Morgan fingerprint density at radius 1 is 0.455 bits per heavy atom. The summed E-state index contributed by atoms with van der Waals surface area (Å²) in [6.45, 7) is 6.18. The monoisotopic (exact) mass is 560 g/mol. The first kappa shape index (κ1) is 28.4. The van der Waals surface area contributed by atoms with Gasteiger partial charge in [0.1, 0.15) is 0 Å². The van der Waals surface area contributed by atoms with E-state index in [1.165, 1.54) is 84.2 Å². The maximum atomic E-state index is 6.88. The molecule has 0 fully saturated rings. The van der Waals surface area contributed by atoms with Gasteiger partial charge in [-0.2, -0.15) is 0 Å². The zero-order chi connectivity index (χ0) is 23.5. The van der Waals surface area contributed by atoms with E-state index >= 15 is 0 Å². The van der Waals surface area contributed by atoms with Crippen LogP contribution in [0.3, 0.4) is 0 Å². The normalized spacial score (nSPS) is 11.7. The first-order valence-corrected chi connectivity index (χ1v) is 18.9. The summed E-state index contributed by atoms with van der Waals surface area (Å²) >= 11 is -3.67. The molecule has 0 aromatic heterocycles. The minimum atomic E-state index is -3.67. The van der Waals surface area contributed by atoms with Gasteiger partial charge in [-0.1, -0.05) is 0 Å². The van der Waals surface area contributed by atoms with Gasteiger partial charge >= 0.3 is 210 Å². The van der Waals surface area contributed by atoms with Gasteiger partial charge in [-0.05, 0) is 0 Å². The molecule has 0 atom stereocenters. The molecule has 2 rings (SSSR count). The average Bonchev–Trinajstić information content (AvgIpc) is 2.87. The van der Waals surface area contributed by atoms with Crippen LogP contribution in [-0.4, -0.2) is 32.4 Å². The predicted octanol–water partition coefficient (Wildman–Crippen LogP) is 7.78. The minimum absolute atomic E-state index is 0.810. The van der Waals surface area contributed by atoms with Crippen LogP contribution in [0.1, 0.15) is 104 Å². The summed E-state index contributed by atoms with van der Waals surface area (Å²) in [4.78, 5) is 0. The predicted molar refractivity (Wildman–Crippen MR) is 146 cm³/mol. The zero-order valence-electron chi connectivity index (χ0n) is 21.4. The molecule has 2 nitrogen and oxygen atoms in total. The summed E-state index contributed by atoms with van der Waals surface area (Å²) in [6, 6.07) is 21.7. The Hall–Kier alpha value is -0.841. The topological polar surface area (TPSA) is 18.5 Å². The van der Waals surface area contributed by atoms with Crippen molar-refractivity contribution in [3.05, 3.63) is 60.7 Å². The van der Waals surface area contributed by atoms with Crippen molar-refractivity contribution < 1.29 is 6.15 Å². The number of unbranched alkanes of at least 4 members (excludes halogenated alkanes) is 12. The molecule has 0 aliphatic heterocycles. The van der Waals surface area contributed by atoms with E-state index < -0.39 is 19.2 Å². The number of hydrogen-bond donors (Lipinski definition) is 0. The third-order valence-electron chi connectivity index (χ3n) is 6.41. The molecule has 33 heavy (non-hydrogen) atoms. The summed E-state index contributed by atoms with van der Waals surface area (Å²) in [5.41, 5.74) is 0. The first-order chi connectivity index (χ1) is 16.3. The van der Waals surface area contributed by atoms with Gasteiger partial charge < -0.3 is 0 Å². The van der Waals surface area contributed by atoms with Crippen LogP contribution in [0.15, 0.2) is 60.7 Å². The quantitative estimate of drug-likeness (QED) is 0.122. The van der Waals surface area contributed by atoms with Gasteiger partial charge in [-0.25, -0.2) is 0 Å². The second-order valence-corrected chi connectivity index (χ2v) is 17.8. The van der Waals surface area contributed by atoms with Gasteiger partial charge in [0.25, 0.3) is 0 Å². The maximum absolute atomic E-state index is 6.88. The van der Waals surface area contributed by atoms with Gasteiger partial charge in [-0.15, -0.1) is 0 Å². The standard InChI is InChI=1S/2C9H19O.2C6H5.Sn/c2*1-2-3-4-5-6-7-8-9-10;2*1-2-4-6-5-3-1;/h2*2-9H2,1H3;2*1-5H;/q2*-1;;;+2. The summed E-state index contributed by atoms with van der Waals surface area (Å²) in [6.07, 6.45) is 18.2. The number of hydrogen-bond acceptors (Lipinski definition) is 2. The molecule has 0 saturated heterocycles. The van der Waals surface area contributed by atoms with Crippen molar-refractivity contribution in [3.8, 4) is 0 Å². The van der Waals surface area contributed by atoms with Crippen LogP contribution < -0.4 is 7.16 Å². The van der Waals surface area contributed by atoms with Gasteiger partial charge in [0.2, 0.25) is 0 Å². The Labute approximate surface area is 209 Å². The van der Waals surface area contributed by atoms with Crippen molar-refractivity contribution in [2.24, 2.45) is 0 Å². The van der Waals surface area contributed by atoms with E-state index in [4.69, 9.17) is 6.15 Å². The van der Waals surface area contributed by atoms with Crippen LogP contribution in [0.2, 0.25) is 0 Å². The van der Waals surface area contributed by atoms with Crippen molar-refractivity contribution in [2.45, 2.75) is 104 Å². The summed E-state index contributed by atoms with van der Waals surface area (Å²) < 4.78 is 16.3. The fourth-order valence-corrected chi connectivity index (χ4v) is 13.6.